The lowest BCUT2D eigenvalue weighted by Crippen LogP contribution is -2.51. The summed E-state index contributed by atoms with van der Waals surface area (Å²) < 4.78 is 19.0. The maximum absolute atomic E-state index is 13.1. The summed E-state index contributed by atoms with van der Waals surface area (Å²) in [5.74, 6) is -1.30. The van der Waals surface area contributed by atoms with Gasteiger partial charge in [-0.2, -0.15) is 0 Å². The van der Waals surface area contributed by atoms with E-state index in [0.29, 0.717) is 12.0 Å². The fourth-order valence-corrected chi connectivity index (χ4v) is 4.04. The smallest absolute Gasteiger partial charge is 0.338 e. The molecule has 4 rings (SSSR count). The zero-order chi connectivity index (χ0) is 24.3. The number of nitrogens with zero attached hydrogens (tertiary/aromatic N) is 1. The van der Waals surface area contributed by atoms with Crippen molar-refractivity contribution in [3.63, 3.8) is 0 Å². The lowest BCUT2D eigenvalue weighted by atomic mass is 9.94. The van der Waals surface area contributed by atoms with E-state index in [2.05, 4.69) is 4.98 Å². The van der Waals surface area contributed by atoms with Gasteiger partial charge in [-0.3, -0.25) is 14.3 Å². The van der Waals surface area contributed by atoms with Crippen LogP contribution in [-0.2, 0) is 14.2 Å². The van der Waals surface area contributed by atoms with Gasteiger partial charge in [-0.15, -0.1) is 0 Å². The number of hydrogen-bond acceptors (Lipinski definition) is 7. The summed E-state index contributed by atoms with van der Waals surface area (Å²) in [5.41, 5.74) is -2.33. The van der Waals surface area contributed by atoms with Gasteiger partial charge >= 0.3 is 17.6 Å². The van der Waals surface area contributed by atoms with Gasteiger partial charge in [0.05, 0.1) is 11.1 Å². The van der Waals surface area contributed by atoms with Crippen LogP contribution in [0.15, 0.2) is 82.5 Å². The molecule has 1 aliphatic heterocycles. The summed E-state index contributed by atoms with van der Waals surface area (Å²) in [6.07, 6.45) is -1.23. The van der Waals surface area contributed by atoms with Crippen LogP contribution in [0, 0.1) is 0 Å². The van der Waals surface area contributed by atoms with Crippen molar-refractivity contribution in [2.24, 2.45) is 0 Å². The molecular formula is C25H24N2O7. The average Bonchev–Trinajstić information content (AvgIpc) is 3.11. The predicted molar refractivity (Wildman–Crippen MR) is 121 cm³/mol. The predicted octanol–water partition coefficient (Wildman–Crippen LogP) is 2.69. The lowest BCUT2D eigenvalue weighted by molar-refractivity contribution is -0.111. The lowest BCUT2D eigenvalue weighted by Gasteiger charge is -2.34. The van der Waals surface area contributed by atoms with Crippen LogP contribution in [0.5, 0.6) is 0 Å². The highest BCUT2D eigenvalue weighted by Gasteiger charge is 2.59. The van der Waals surface area contributed by atoms with Crippen LogP contribution in [0.25, 0.3) is 0 Å². The molecule has 1 N–H and O–H groups in total. The second-order valence-corrected chi connectivity index (χ2v) is 8.08. The molecule has 9 nitrogen and oxygen atoms in total. The Morgan fingerprint density at radius 1 is 0.971 bits per heavy atom. The van der Waals surface area contributed by atoms with Gasteiger partial charge in [-0.25, -0.2) is 14.4 Å². The molecule has 4 atom stereocenters. The highest BCUT2D eigenvalue weighted by atomic mass is 16.7. The minimum atomic E-state index is -1.60. The molecule has 0 amide bonds. The minimum absolute atomic E-state index is 0.282. The largest absolute Gasteiger partial charge is 0.452 e. The minimum Gasteiger partial charge on any atom is -0.452 e. The zero-order valence-corrected chi connectivity index (χ0v) is 18.7. The second kappa shape index (κ2) is 9.48. The quantitative estimate of drug-likeness (QED) is 0.558. The number of hydrogen-bond donors (Lipinski definition) is 1. The number of carbonyl (C=O) groups is 2. The van der Waals surface area contributed by atoms with E-state index in [9.17, 15) is 19.2 Å². The van der Waals surface area contributed by atoms with Crippen LogP contribution in [-0.4, -0.2) is 39.3 Å². The molecule has 2 heterocycles. The summed E-state index contributed by atoms with van der Waals surface area (Å²) in [4.78, 5) is 52.4. The summed E-state index contributed by atoms with van der Waals surface area (Å²) >= 11 is 0. The molecule has 0 saturated carbocycles. The Hall–Kier alpha value is -3.98. The van der Waals surface area contributed by atoms with Crippen molar-refractivity contribution in [3.05, 3.63) is 105 Å². The second-order valence-electron chi connectivity index (χ2n) is 8.08. The Bertz CT molecular complexity index is 1290. The van der Waals surface area contributed by atoms with E-state index in [4.69, 9.17) is 14.2 Å². The number of rotatable bonds is 6. The third-order valence-corrected chi connectivity index (χ3v) is 5.77. The number of nitrogens with one attached hydrogen (secondary N) is 1. The number of ether oxygens (including phenoxy) is 3. The monoisotopic (exact) mass is 464 g/mol. The molecule has 1 fully saturated rings. The molecule has 1 aliphatic rings. The number of carbonyl (C=O) groups excluding carboxylic acids is 2. The Labute approximate surface area is 194 Å². The molecule has 1 saturated heterocycles. The van der Waals surface area contributed by atoms with E-state index >= 15 is 0 Å². The summed E-state index contributed by atoms with van der Waals surface area (Å²) in [5, 5.41) is 0. The van der Waals surface area contributed by atoms with Crippen LogP contribution in [0.2, 0.25) is 0 Å². The van der Waals surface area contributed by atoms with Crippen molar-refractivity contribution < 1.29 is 23.8 Å². The molecule has 1 aromatic heterocycles. The zero-order valence-electron chi connectivity index (χ0n) is 18.7. The first-order valence-corrected chi connectivity index (χ1v) is 10.8. The highest BCUT2D eigenvalue weighted by Crippen LogP contribution is 2.44. The van der Waals surface area contributed by atoms with Crippen LogP contribution in [0.1, 0.15) is 47.2 Å². The van der Waals surface area contributed by atoms with Crippen molar-refractivity contribution in [1.29, 1.82) is 0 Å². The maximum atomic E-state index is 13.1. The molecule has 3 aromatic rings. The fourth-order valence-electron chi connectivity index (χ4n) is 4.04. The molecule has 0 bridgehead atoms. The van der Waals surface area contributed by atoms with E-state index in [1.54, 1.807) is 67.6 Å². The average molecular weight is 464 g/mol. The van der Waals surface area contributed by atoms with Crippen LogP contribution < -0.4 is 11.2 Å². The molecule has 0 spiro atoms. The van der Waals surface area contributed by atoms with E-state index in [-0.39, 0.29) is 5.56 Å². The van der Waals surface area contributed by atoms with Gasteiger partial charge in [0.15, 0.2) is 17.9 Å². The summed E-state index contributed by atoms with van der Waals surface area (Å²) in [7, 11) is 0. The standard InChI is InChI=1S/C25H24N2O7/c1-3-18-20(33-21(29)16-10-6-4-7-11-16)25(2,34-22(30)17-12-8-5-9-13-17)23(32-18)27-15-14-19(28)26-24(27)31/h4-15,18,20,23H,3H2,1-2H3,(H,26,28,31)/t18-,20?,23-,25-/m1/s1. The molecule has 34 heavy (non-hydrogen) atoms. The molecule has 9 heteroatoms. The molecule has 1 unspecified atom stereocenters. The van der Waals surface area contributed by atoms with Gasteiger partial charge in [0.25, 0.3) is 5.56 Å². The van der Waals surface area contributed by atoms with Crippen molar-refractivity contribution in [3.8, 4) is 0 Å². The maximum Gasteiger partial charge on any atom is 0.338 e. The summed E-state index contributed by atoms with van der Waals surface area (Å²) in [6, 6.07) is 17.9. The Kier molecular flexibility index (Phi) is 6.47. The van der Waals surface area contributed by atoms with Gasteiger partial charge in [-0.1, -0.05) is 43.3 Å². The van der Waals surface area contributed by atoms with Crippen molar-refractivity contribution in [1.82, 2.24) is 9.55 Å². The molecular weight excluding hydrogens is 440 g/mol. The van der Waals surface area contributed by atoms with E-state index < -0.39 is 47.2 Å². The number of H-pyrrole nitrogens is 1. The van der Waals surface area contributed by atoms with Crippen LogP contribution >= 0.6 is 0 Å². The SMILES string of the molecule is CC[C@H]1O[C@@H](n2ccc(=O)[nH]c2=O)[C@](C)(OC(=O)c2ccccc2)C1OC(=O)c1ccccc1. The van der Waals surface area contributed by atoms with Gasteiger partial charge in [0.2, 0.25) is 0 Å². The Morgan fingerprint density at radius 2 is 1.56 bits per heavy atom. The number of aromatic amines is 1. The van der Waals surface area contributed by atoms with Gasteiger partial charge in [0.1, 0.15) is 6.10 Å². The molecule has 176 valence electrons. The topological polar surface area (TPSA) is 117 Å². The number of aromatic nitrogens is 2. The van der Waals surface area contributed by atoms with Gasteiger partial charge in [0, 0.05) is 12.3 Å². The van der Waals surface area contributed by atoms with E-state index in [1.807, 2.05) is 6.92 Å². The van der Waals surface area contributed by atoms with E-state index in [0.717, 1.165) is 10.6 Å². The highest BCUT2D eigenvalue weighted by molar-refractivity contribution is 5.90. The number of esters is 2. The normalized spacial score (nSPS) is 23.9. The van der Waals surface area contributed by atoms with Gasteiger partial charge < -0.3 is 14.2 Å². The van der Waals surface area contributed by atoms with Crippen LogP contribution in [0.3, 0.4) is 0 Å². The Morgan fingerprint density at radius 3 is 2.12 bits per heavy atom. The number of benzene rings is 2. The van der Waals surface area contributed by atoms with Crippen molar-refractivity contribution >= 4 is 11.9 Å². The van der Waals surface area contributed by atoms with Crippen LogP contribution in [0.4, 0.5) is 0 Å². The first kappa shape index (κ1) is 23.2. The fraction of sp³-hybridized carbons (Fsp3) is 0.280. The molecule has 0 aliphatic carbocycles. The third kappa shape index (κ3) is 4.42. The summed E-state index contributed by atoms with van der Waals surface area (Å²) in [6.45, 7) is 3.38. The first-order chi connectivity index (χ1) is 16.3. The first-order valence-electron chi connectivity index (χ1n) is 10.8. The van der Waals surface area contributed by atoms with Crippen molar-refractivity contribution in [2.75, 3.05) is 0 Å². The molecule has 2 aromatic carbocycles. The Balaban J connectivity index is 1.76. The van der Waals surface area contributed by atoms with Crippen molar-refractivity contribution in [2.45, 2.75) is 44.3 Å². The van der Waals surface area contributed by atoms with Gasteiger partial charge in [-0.05, 0) is 37.6 Å². The van der Waals surface area contributed by atoms with E-state index in [1.165, 1.54) is 6.20 Å². The molecule has 0 radical (unpaired) electrons. The third-order valence-electron chi connectivity index (χ3n) is 5.77.